The molecule has 5 nitrogen and oxygen atoms in total. The van der Waals surface area contributed by atoms with E-state index in [1.807, 2.05) is 12.1 Å². The SMILES string of the molecule is COc1ccc(CN2CCCN(C[C@H](C#N)CCC#N)CC2)cc1. The van der Waals surface area contributed by atoms with Crippen LogP contribution in [0.4, 0.5) is 0 Å². The lowest BCUT2D eigenvalue weighted by Gasteiger charge is -2.23. The predicted molar refractivity (Wildman–Crippen MR) is 93.3 cm³/mol. The van der Waals surface area contributed by atoms with E-state index in [0.29, 0.717) is 12.8 Å². The van der Waals surface area contributed by atoms with E-state index in [0.717, 1.165) is 51.4 Å². The summed E-state index contributed by atoms with van der Waals surface area (Å²) in [5, 5.41) is 17.9. The van der Waals surface area contributed by atoms with Crippen molar-refractivity contribution in [1.29, 1.82) is 10.5 Å². The van der Waals surface area contributed by atoms with Crippen molar-refractivity contribution in [3.63, 3.8) is 0 Å². The minimum absolute atomic E-state index is 0.0298. The molecule has 2 rings (SSSR count). The molecule has 0 amide bonds. The van der Waals surface area contributed by atoms with E-state index in [1.165, 1.54) is 5.56 Å². The molecule has 0 aliphatic carbocycles. The average molecular weight is 326 g/mol. The summed E-state index contributed by atoms with van der Waals surface area (Å²) in [5.74, 6) is 0.860. The Hall–Kier alpha value is -2.08. The second-order valence-corrected chi connectivity index (χ2v) is 6.30. The molecular formula is C19H26N4O. The van der Waals surface area contributed by atoms with Crippen LogP contribution in [0.2, 0.25) is 0 Å². The molecule has 0 radical (unpaired) electrons. The predicted octanol–water partition coefficient (Wildman–Crippen LogP) is 2.65. The summed E-state index contributed by atoms with van der Waals surface area (Å²) < 4.78 is 5.20. The number of methoxy groups -OCH3 is 1. The van der Waals surface area contributed by atoms with Gasteiger partial charge < -0.3 is 9.64 Å². The number of rotatable bonds is 7. The molecule has 0 unspecified atom stereocenters. The number of hydrogen-bond acceptors (Lipinski definition) is 5. The largest absolute Gasteiger partial charge is 0.497 e. The van der Waals surface area contributed by atoms with Gasteiger partial charge in [-0.05, 0) is 43.6 Å². The van der Waals surface area contributed by atoms with Crippen LogP contribution in [0, 0.1) is 28.6 Å². The Kier molecular flexibility index (Phi) is 7.55. The molecule has 1 atom stereocenters. The van der Waals surface area contributed by atoms with Crippen LogP contribution in [0.1, 0.15) is 24.8 Å². The third-order valence-electron chi connectivity index (χ3n) is 4.51. The number of nitriles is 2. The monoisotopic (exact) mass is 326 g/mol. The molecule has 1 aromatic rings. The number of ether oxygens (including phenoxy) is 1. The van der Waals surface area contributed by atoms with Crippen molar-refractivity contribution in [2.75, 3.05) is 39.8 Å². The molecule has 128 valence electrons. The lowest BCUT2D eigenvalue weighted by molar-refractivity contribution is 0.236. The topological polar surface area (TPSA) is 63.3 Å². The fraction of sp³-hybridized carbons (Fsp3) is 0.579. The van der Waals surface area contributed by atoms with Crippen LogP contribution in [0.3, 0.4) is 0 Å². The van der Waals surface area contributed by atoms with Crippen molar-refractivity contribution in [3.8, 4) is 17.9 Å². The highest BCUT2D eigenvalue weighted by Crippen LogP contribution is 2.15. The van der Waals surface area contributed by atoms with Crippen molar-refractivity contribution in [2.24, 2.45) is 5.92 Å². The van der Waals surface area contributed by atoms with Crippen LogP contribution >= 0.6 is 0 Å². The van der Waals surface area contributed by atoms with Crippen LogP contribution in [0.5, 0.6) is 5.75 Å². The van der Waals surface area contributed by atoms with Crippen LogP contribution in [-0.4, -0.2) is 49.6 Å². The lowest BCUT2D eigenvalue weighted by atomic mass is 10.0. The maximum atomic E-state index is 9.24. The smallest absolute Gasteiger partial charge is 0.118 e. The average Bonchev–Trinajstić information content (AvgIpc) is 2.84. The zero-order valence-corrected chi connectivity index (χ0v) is 14.4. The Balaban J connectivity index is 1.81. The number of nitrogens with zero attached hydrogens (tertiary/aromatic N) is 4. The van der Waals surface area contributed by atoms with Gasteiger partial charge in [-0.25, -0.2) is 0 Å². The summed E-state index contributed by atoms with van der Waals surface area (Å²) in [6.45, 7) is 5.85. The van der Waals surface area contributed by atoms with E-state index < -0.39 is 0 Å². The van der Waals surface area contributed by atoms with Gasteiger partial charge in [0.2, 0.25) is 0 Å². The van der Waals surface area contributed by atoms with Gasteiger partial charge in [0.1, 0.15) is 5.75 Å². The number of benzene rings is 1. The van der Waals surface area contributed by atoms with Crippen LogP contribution in [0.25, 0.3) is 0 Å². The van der Waals surface area contributed by atoms with Gasteiger partial charge in [0.05, 0.1) is 25.2 Å². The molecule has 0 N–H and O–H groups in total. The Labute approximate surface area is 145 Å². The molecule has 1 aliphatic rings. The summed E-state index contributed by atoms with van der Waals surface area (Å²) in [5.41, 5.74) is 1.30. The zero-order valence-electron chi connectivity index (χ0n) is 14.4. The fourth-order valence-corrected chi connectivity index (χ4v) is 3.10. The van der Waals surface area contributed by atoms with Gasteiger partial charge in [-0.2, -0.15) is 10.5 Å². The Morgan fingerprint density at radius 3 is 2.46 bits per heavy atom. The van der Waals surface area contributed by atoms with Gasteiger partial charge in [-0.15, -0.1) is 0 Å². The molecule has 5 heteroatoms. The summed E-state index contributed by atoms with van der Waals surface area (Å²) in [4.78, 5) is 4.84. The normalized spacial score (nSPS) is 17.5. The van der Waals surface area contributed by atoms with Gasteiger partial charge in [0.25, 0.3) is 0 Å². The Morgan fingerprint density at radius 1 is 1.08 bits per heavy atom. The number of hydrogen-bond donors (Lipinski definition) is 0. The molecule has 1 saturated heterocycles. The summed E-state index contributed by atoms with van der Waals surface area (Å²) >= 11 is 0. The van der Waals surface area contributed by atoms with Gasteiger partial charge in [-0.3, -0.25) is 4.90 Å². The van der Waals surface area contributed by atoms with Crippen molar-refractivity contribution < 1.29 is 4.74 Å². The van der Waals surface area contributed by atoms with Crippen molar-refractivity contribution in [2.45, 2.75) is 25.8 Å². The van der Waals surface area contributed by atoms with Crippen LogP contribution in [-0.2, 0) is 6.54 Å². The second kappa shape index (κ2) is 9.93. The summed E-state index contributed by atoms with van der Waals surface area (Å²) in [6, 6.07) is 12.7. The van der Waals surface area contributed by atoms with E-state index in [9.17, 15) is 5.26 Å². The highest BCUT2D eigenvalue weighted by molar-refractivity contribution is 5.27. The molecule has 0 aromatic heterocycles. The van der Waals surface area contributed by atoms with Gasteiger partial charge >= 0.3 is 0 Å². The standard InChI is InChI=1S/C19H26N4O/c1-24-19-7-5-17(6-8-19)15-22-10-3-11-23(13-12-22)16-18(14-21)4-2-9-20/h5-8,18H,2-4,10-13,15-16H2,1H3/t18-/m0/s1. The van der Waals surface area contributed by atoms with Crippen molar-refractivity contribution >= 4 is 0 Å². The van der Waals surface area contributed by atoms with E-state index in [2.05, 4.69) is 34.1 Å². The van der Waals surface area contributed by atoms with Crippen molar-refractivity contribution in [3.05, 3.63) is 29.8 Å². The Morgan fingerprint density at radius 2 is 1.79 bits per heavy atom. The molecule has 0 spiro atoms. The third-order valence-corrected chi connectivity index (χ3v) is 4.51. The quantitative estimate of drug-likeness (QED) is 0.771. The van der Waals surface area contributed by atoms with Gasteiger partial charge in [0, 0.05) is 32.6 Å². The third kappa shape index (κ3) is 5.85. The molecule has 1 aliphatic heterocycles. The van der Waals surface area contributed by atoms with Crippen molar-refractivity contribution in [1.82, 2.24) is 9.80 Å². The molecule has 1 aromatic carbocycles. The minimum Gasteiger partial charge on any atom is -0.497 e. The lowest BCUT2D eigenvalue weighted by Crippen LogP contribution is -2.33. The highest BCUT2D eigenvalue weighted by atomic mass is 16.5. The molecule has 1 heterocycles. The first kappa shape index (κ1) is 18.3. The minimum atomic E-state index is -0.0298. The maximum Gasteiger partial charge on any atom is 0.118 e. The van der Waals surface area contributed by atoms with E-state index in [-0.39, 0.29) is 5.92 Å². The summed E-state index contributed by atoms with van der Waals surface area (Å²) in [6.07, 6.45) is 2.27. The maximum absolute atomic E-state index is 9.24. The molecule has 0 bridgehead atoms. The van der Waals surface area contributed by atoms with Crippen LogP contribution < -0.4 is 4.74 Å². The van der Waals surface area contributed by atoms with Gasteiger partial charge in [-0.1, -0.05) is 12.1 Å². The van der Waals surface area contributed by atoms with E-state index >= 15 is 0 Å². The van der Waals surface area contributed by atoms with Crippen LogP contribution in [0.15, 0.2) is 24.3 Å². The fourth-order valence-electron chi connectivity index (χ4n) is 3.10. The van der Waals surface area contributed by atoms with E-state index in [1.54, 1.807) is 7.11 Å². The highest BCUT2D eigenvalue weighted by Gasteiger charge is 2.18. The Bertz CT molecular complexity index is 573. The molecule has 1 fully saturated rings. The first-order valence-corrected chi connectivity index (χ1v) is 8.59. The molecular weight excluding hydrogens is 300 g/mol. The van der Waals surface area contributed by atoms with E-state index in [4.69, 9.17) is 10.00 Å². The summed E-state index contributed by atoms with van der Waals surface area (Å²) in [7, 11) is 1.68. The first-order valence-electron chi connectivity index (χ1n) is 8.59. The van der Waals surface area contributed by atoms with Gasteiger partial charge in [0.15, 0.2) is 0 Å². The molecule has 0 saturated carbocycles. The zero-order chi connectivity index (χ0) is 17.2. The first-order chi connectivity index (χ1) is 11.7. The second-order valence-electron chi connectivity index (χ2n) is 6.30. The molecule has 24 heavy (non-hydrogen) atoms.